The maximum absolute atomic E-state index is 12.8. The zero-order chi connectivity index (χ0) is 22.7. The molecule has 168 valence electrons. The summed E-state index contributed by atoms with van der Waals surface area (Å²) in [6, 6.07) is 12.5. The summed E-state index contributed by atoms with van der Waals surface area (Å²) in [5, 5.41) is 2.88. The highest BCUT2D eigenvalue weighted by Gasteiger charge is 2.37. The van der Waals surface area contributed by atoms with Crippen molar-refractivity contribution in [1.82, 2.24) is 10.2 Å². The quantitative estimate of drug-likeness (QED) is 0.642. The second-order valence-corrected chi connectivity index (χ2v) is 8.48. The van der Waals surface area contributed by atoms with E-state index < -0.39 is 0 Å². The summed E-state index contributed by atoms with van der Waals surface area (Å²) < 4.78 is 11.2. The van der Waals surface area contributed by atoms with E-state index in [1.165, 1.54) is 11.0 Å². The molecule has 2 aliphatic rings. The number of imide groups is 1. The second kappa shape index (κ2) is 9.63. The number of carbonyl (C=O) groups is 3. The summed E-state index contributed by atoms with van der Waals surface area (Å²) in [7, 11) is 0. The molecule has 2 aliphatic heterocycles. The minimum absolute atomic E-state index is 0.110. The normalized spacial score (nSPS) is 17.8. The lowest BCUT2D eigenvalue weighted by Crippen LogP contribution is -2.36. The van der Waals surface area contributed by atoms with Crippen molar-refractivity contribution < 1.29 is 23.9 Å². The summed E-state index contributed by atoms with van der Waals surface area (Å²) in [5.74, 6) is -0.990. The maximum atomic E-state index is 12.8. The van der Waals surface area contributed by atoms with Crippen LogP contribution in [0.2, 0.25) is 0 Å². The molecule has 2 heterocycles. The number of amides is 3. The zero-order valence-electron chi connectivity index (χ0n) is 18.4. The Hall–Kier alpha value is -3.03. The van der Waals surface area contributed by atoms with E-state index in [9.17, 15) is 14.4 Å². The van der Waals surface area contributed by atoms with Gasteiger partial charge in [-0.3, -0.25) is 19.3 Å². The fourth-order valence-corrected chi connectivity index (χ4v) is 3.97. The highest BCUT2D eigenvalue weighted by atomic mass is 16.5. The van der Waals surface area contributed by atoms with Gasteiger partial charge in [-0.2, -0.15) is 0 Å². The van der Waals surface area contributed by atoms with E-state index in [2.05, 4.69) is 5.32 Å². The van der Waals surface area contributed by atoms with Gasteiger partial charge in [0.1, 0.15) is 0 Å². The fraction of sp³-hybridized carbons (Fsp3) is 0.400. The molecule has 0 radical (unpaired) electrons. The summed E-state index contributed by atoms with van der Waals surface area (Å²) >= 11 is 0. The lowest BCUT2D eigenvalue weighted by Gasteiger charge is -2.17. The first-order valence-electron chi connectivity index (χ1n) is 11.0. The molecule has 1 fully saturated rings. The summed E-state index contributed by atoms with van der Waals surface area (Å²) in [6.45, 7) is 5.75. The standard InChI is InChI=1S/C25H28N2O5/c1-16(2)32-15-18-6-3-5-17(11-18)13-26-23(28)19-8-9-21-22(12-19)25(30)27(24(21)29)14-20-7-4-10-31-20/h3,5-6,8-9,11-12,16,20H,4,7,10,13-15H2,1-2H3,(H,26,28). The van der Waals surface area contributed by atoms with E-state index in [0.717, 1.165) is 24.0 Å². The Labute approximate surface area is 187 Å². The van der Waals surface area contributed by atoms with Crippen molar-refractivity contribution in [3.8, 4) is 0 Å². The number of ether oxygens (including phenoxy) is 2. The molecule has 2 aromatic carbocycles. The molecule has 7 heteroatoms. The molecule has 2 aromatic rings. The van der Waals surface area contributed by atoms with Crippen molar-refractivity contribution in [2.45, 2.75) is 52.0 Å². The molecule has 1 N–H and O–H groups in total. The Morgan fingerprint density at radius 2 is 1.91 bits per heavy atom. The largest absolute Gasteiger partial charge is 0.376 e. The van der Waals surface area contributed by atoms with Gasteiger partial charge in [0.2, 0.25) is 0 Å². The Morgan fingerprint density at radius 3 is 2.66 bits per heavy atom. The van der Waals surface area contributed by atoms with Crippen LogP contribution in [-0.4, -0.2) is 48.0 Å². The minimum Gasteiger partial charge on any atom is -0.376 e. The average molecular weight is 437 g/mol. The van der Waals surface area contributed by atoms with Crippen LogP contribution in [0, 0.1) is 0 Å². The fourth-order valence-electron chi connectivity index (χ4n) is 3.97. The van der Waals surface area contributed by atoms with Gasteiger partial charge in [0, 0.05) is 18.7 Å². The molecule has 0 aromatic heterocycles. The third-order valence-corrected chi connectivity index (χ3v) is 5.67. The van der Waals surface area contributed by atoms with Crippen LogP contribution < -0.4 is 5.32 Å². The van der Waals surface area contributed by atoms with Gasteiger partial charge in [-0.1, -0.05) is 24.3 Å². The van der Waals surface area contributed by atoms with Crippen LogP contribution in [0.4, 0.5) is 0 Å². The molecule has 4 rings (SSSR count). The lowest BCUT2D eigenvalue weighted by atomic mass is 10.1. The van der Waals surface area contributed by atoms with Gasteiger partial charge in [-0.05, 0) is 56.0 Å². The molecule has 0 saturated carbocycles. The SMILES string of the molecule is CC(C)OCc1cccc(CNC(=O)c2ccc3c(c2)C(=O)N(CC2CCCO2)C3=O)c1. The Balaban J connectivity index is 1.40. The molecule has 0 aliphatic carbocycles. The first kappa shape index (κ1) is 22.2. The van der Waals surface area contributed by atoms with E-state index >= 15 is 0 Å². The number of nitrogens with one attached hydrogen (secondary N) is 1. The second-order valence-electron chi connectivity index (χ2n) is 8.48. The van der Waals surface area contributed by atoms with Crippen LogP contribution >= 0.6 is 0 Å². The maximum Gasteiger partial charge on any atom is 0.261 e. The number of carbonyl (C=O) groups excluding carboxylic acids is 3. The molecule has 32 heavy (non-hydrogen) atoms. The number of rotatable bonds is 8. The van der Waals surface area contributed by atoms with Crippen LogP contribution in [-0.2, 0) is 22.6 Å². The zero-order valence-corrected chi connectivity index (χ0v) is 18.4. The van der Waals surface area contributed by atoms with Gasteiger partial charge < -0.3 is 14.8 Å². The number of hydrogen-bond acceptors (Lipinski definition) is 5. The van der Waals surface area contributed by atoms with Crippen molar-refractivity contribution >= 4 is 17.7 Å². The predicted octanol–water partition coefficient (Wildman–Crippen LogP) is 3.32. The van der Waals surface area contributed by atoms with E-state index in [1.807, 2.05) is 38.1 Å². The predicted molar refractivity (Wildman–Crippen MR) is 118 cm³/mol. The van der Waals surface area contributed by atoms with Crippen molar-refractivity contribution in [2.24, 2.45) is 0 Å². The molecule has 1 saturated heterocycles. The summed E-state index contributed by atoms with van der Waals surface area (Å²) in [6.07, 6.45) is 1.81. The molecule has 0 spiro atoms. The Kier molecular flexibility index (Phi) is 6.67. The van der Waals surface area contributed by atoms with E-state index in [0.29, 0.717) is 30.9 Å². The number of benzene rings is 2. The minimum atomic E-state index is -0.368. The first-order valence-corrected chi connectivity index (χ1v) is 11.0. The van der Waals surface area contributed by atoms with Gasteiger partial charge in [0.25, 0.3) is 17.7 Å². The molecule has 7 nitrogen and oxygen atoms in total. The highest BCUT2D eigenvalue weighted by molar-refractivity contribution is 6.22. The molecular formula is C25H28N2O5. The van der Waals surface area contributed by atoms with Gasteiger partial charge in [0.15, 0.2) is 0 Å². The van der Waals surface area contributed by atoms with Crippen LogP contribution in [0.15, 0.2) is 42.5 Å². The van der Waals surface area contributed by atoms with Gasteiger partial charge in [-0.15, -0.1) is 0 Å². The van der Waals surface area contributed by atoms with Crippen molar-refractivity contribution in [3.05, 3.63) is 70.3 Å². The van der Waals surface area contributed by atoms with Crippen molar-refractivity contribution in [2.75, 3.05) is 13.2 Å². The van der Waals surface area contributed by atoms with Gasteiger partial charge in [0.05, 0.1) is 36.5 Å². The molecule has 1 unspecified atom stereocenters. The summed E-state index contributed by atoms with van der Waals surface area (Å²) in [5.41, 5.74) is 2.95. The Bertz CT molecular complexity index is 1030. The summed E-state index contributed by atoms with van der Waals surface area (Å²) in [4.78, 5) is 39.4. The third kappa shape index (κ3) is 4.89. The lowest BCUT2D eigenvalue weighted by molar-refractivity contribution is 0.0475. The third-order valence-electron chi connectivity index (χ3n) is 5.67. The monoisotopic (exact) mass is 436 g/mol. The highest BCUT2D eigenvalue weighted by Crippen LogP contribution is 2.26. The van der Waals surface area contributed by atoms with Crippen LogP contribution in [0.3, 0.4) is 0 Å². The molecule has 3 amide bonds. The molecule has 1 atom stereocenters. The topological polar surface area (TPSA) is 84.9 Å². The average Bonchev–Trinajstić information content (AvgIpc) is 3.39. The van der Waals surface area contributed by atoms with Crippen molar-refractivity contribution in [1.29, 1.82) is 0 Å². The van der Waals surface area contributed by atoms with E-state index in [1.54, 1.807) is 12.1 Å². The van der Waals surface area contributed by atoms with Gasteiger partial charge >= 0.3 is 0 Å². The van der Waals surface area contributed by atoms with Crippen molar-refractivity contribution in [3.63, 3.8) is 0 Å². The van der Waals surface area contributed by atoms with Crippen LogP contribution in [0.5, 0.6) is 0 Å². The smallest absolute Gasteiger partial charge is 0.261 e. The first-order chi connectivity index (χ1) is 15.4. The van der Waals surface area contributed by atoms with E-state index in [-0.39, 0.29) is 42.0 Å². The molecule has 0 bridgehead atoms. The number of nitrogens with zero attached hydrogens (tertiary/aromatic N) is 1. The van der Waals surface area contributed by atoms with Crippen LogP contribution in [0.1, 0.15) is 68.9 Å². The van der Waals surface area contributed by atoms with E-state index in [4.69, 9.17) is 9.47 Å². The number of hydrogen-bond donors (Lipinski definition) is 1. The van der Waals surface area contributed by atoms with Gasteiger partial charge in [-0.25, -0.2) is 0 Å². The molecular weight excluding hydrogens is 408 g/mol. The van der Waals surface area contributed by atoms with Crippen LogP contribution in [0.25, 0.3) is 0 Å². The Morgan fingerprint density at radius 1 is 1.12 bits per heavy atom. The number of fused-ring (bicyclic) bond motifs is 1.